The third kappa shape index (κ3) is 1.65. The Morgan fingerprint density at radius 1 is 1.67 bits per heavy atom. The highest BCUT2D eigenvalue weighted by Gasteiger charge is 2.11. The largest absolute Gasteiger partial charge is 0.480 e. The van der Waals surface area contributed by atoms with Gasteiger partial charge in [0.25, 0.3) is 0 Å². The maximum atomic E-state index is 10.5. The molecule has 0 atom stereocenters. The summed E-state index contributed by atoms with van der Waals surface area (Å²) in [6, 6.07) is 2.74. The highest BCUT2D eigenvalue weighted by Crippen LogP contribution is 2.17. The minimum absolute atomic E-state index is 0.00176. The second-order valence-corrected chi connectivity index (χ2v) is 2.38. The van der Waals surface area contributed by atoms with Crippen molar-refractivity contribution < 1.29 is 14.6 Å². The highest BCUT2D eigenvalue weighted by atomic mass is 35.5. The molecule has 1 aromatic rings. The average Bonchev–Trinajstić information content (AvgIpc) is 2.03. The molecule has 1 N–H and O–H groups in total. The zero-order valence-electron chi connectivity index (χ0n) is 6.24. The predicted octanol–water partition coefficient (Wildman–Crippen LogP) is 1.44. The molecule has 0 saturated carbocycles. The van der Waals surface area contributed by atoms with Gasteiger partial charge in [-0.3, -0.25) is 0 Å². The maximum Gasteiger partial charge on any atom is 0.341 e. The number of halogens is 1. The van der Waals surface area contributed by atoms with E-state index >= 15 is 0 Å². The van der Waals surface area contributed by atoms with Crippen LogP contribution >= 0.6 is 11.6 Å². The smallest absolute Gasteiger partial charge is 0.341 e. The van der Waals surface area contributed by atoms with Gasteiger partial charge in [-0.05, 0) is 12.1 Å². The van der Waals surface area contributed by atoms with Crippen molar-refractivity contribution in [3.05, 3.63) is 22.8 Å². The van der Waals surface area contributed by atoms with Crippen LogP contribution in [0.4, 0.5) is 0 Å². The van der Waals surface area contributed by atoms with Crippen molar-refractivity contribution in [3.63, 3.8) is 0 Å². The number of rotatable bonds is 2. The fourth-order valence-electron chi connectivity index (χ4n) is 0.736. The fraction of sp³-hybridized carbons (Fsp3) is 0.143. The van der Waals surface area contributed by atoms with Crippen LogP contribution in [0.25, 0.3) is 0 Å². The number of carboxylic acid groups (broad SMARTS) is 1. The van der Waals surface area contributed by atoms with Crippen molar-refractivity contribution in [2.24, 2.45) is 0 Å². The number of carboxylic acids is 1. The zero-order valence-corrected chi connectivity index (χ0v) is 7.00. The summed E-state index contributed by atoms with van der Waals surface area (Å²) in [5.74, 6) is -1.06. The monoisotopic (exact) mass is 187 g/mol. The summed E-state index contributed by atoms with van der Waals surface area (Å²) in [6.45, 7) is 0. The van der Waals surface area contributed by atoms with Crippen LogP contribution in [0.3, 0.4) is 0 Å². The van der Waals surface area contributed by atoms with Crippen LogP contribution < -0.4 is 4.74 Å². The summed E-state index contributed by atoms with van der Waals surface area (Å²) in [7, 11) is 1.34. The van der Waals surface area contributed by atoms with Crippen LogP contribution in [0, 0.1) is 0 Å². The Morgan fingerprint density at radius 2 is 2.33 bits per heavy atom. The zero-order chi connectivity index (χ0) is 9.14. The number of aromatic carboxylic acids is 1. The molecule has 0 aromatic carbocycles. The Morgan fingerprint density at radius 3 is 2.83 bits per heavy atom. The number of pyridine rings is 1. The van der Waals surface area contributed by atoms with Crippen molar-refractivity contribution in [1.29, 1.82) is 0 Å². The van der Waals surface area contributed by atoms with Crippen LogP contribution in [-0.2, 0) is 0 Å². The molecular weight excluding hydrogens is 182 g/mol. The predicted molar refractivity (Wildman–Crippen MR) is 42.8 cm³/mol. The molecule has 4 nitrogen and oxygen atoms in total. The third-order valence-corrected chi connectivity index (χ3v) is 1.46. The van der Waals surface area contributed by atoms with E-state index in [1.165, 1.54) is 19.2 Å². The van der Waals surface area contributed by atoms with Gasteiger partial charge in [0.05, 0.1) is 7.11 Å². The van der Waals surface area contributed by atoms with Crippen LogP contribution in [0.5, 0.6) is 5.88 Å². The summed E-state index contributed by atoms with van der Waals surface area (Å²) in [6.07, 6.45) is 0. The number of methoxy groups -OCH3 is 1. The fourth-order valence-corrected chi connectivity index (χ4v) is 0.876. The number of ether oxygens (including phenoxy) is 1. The van der Waals surface area contributed by atoms with Gasteiger partial charge >= 0.3 is 5.97 Å². The normalized spacial score (nSPS) is 9.50. The van der Waals surface area contributed by atoms with E-state index in [4.69, 9.17) is 21.4 Å². The van der Waals surface area contributed by atoms with Gasteiger partial charge < -0.3 is 9.84 Å². The van der Waals surface area contributed by atoms with Crippen LogP contribution in [0.15, 0.2) is 12.1 Å². The Hall–Kier alpha value is -1.29. The van der Waals surface area contributed by atoms with Gasteiger partial charge in [-0.25, -0.2) is 9.78 Å². The number of aromatic nitrogens is 1. The van der Waals surface area contributed by atoms with Gasteiger partial charge in [0.15, 0.2) is 0 Å². The number of hydrogen-bond donors (Lipinski definition) is 1. The lowest BCUT2D eigenvalue weighted by molar-refractivity contribution is 0.0692. The van der Waals surface area contributed by atoms with Crippen LogP contribution in [0.1, 0.15) is 10.4 Å². The van der Waals surface area contributed by atoms with E-state index in [1.54, 1.807) is 0 Å². The Bertz CT molecular complexity index is 314. The van der Waals surface area contributed by atoms with Gasteiger partial charge in [0.2, 0.25) is 5.88 Å². The summed E-state index contributed by atoms with van der Waals surface area (Å²) in [5, 5.41) is 8.83. The summed E-state index contributed by atoms with van der Waals surface area (Å²) < 4.78 is 4.71. The second kappa shape index (κ2) is 3.40. The standard InChI is InChI=1S/C7H6ClNO3/c1-12-6-4(7(10)11)2-3-5(8)9-6/h2-3H,1H3,(H,10,11). The Balaban J connectivity index is 3.20. The molecule has 0 unspecified atom stereocenters. The molecule has 1 rings (SSSR count). The van der Waals surface area contributed by atoms with Gasteiger partial charge in [0.1, 0.15) is 10.7 Å². The van der Waals surface area contributed by atoms with E-state index in [-0.39, 0.29) is 16.6 Å². The van der Waals surface area contributed by atoms with Crippen LogP contribution in [0.2, 0.25) is 5.15 Å². The average molecular weight is 188 g/mol. The van der Waals surface area contributed by atoms with Gasteiger partial charge in [-0.2, -0.15) is 0 Å². The molecule has 0 fully saturated rings. The quantitative estimate of drug-likeness (QED) is 0.712. The molecule has 1 heterocycles. The second-order valence-electron chi connectivity index (χ2n) is 2.00. The van der Waals surface area contributed by atoms with Gasteiger partial charge in [-0.1, -0.05) is 11.6 Å². The first kappa shape index (κ1) is 8.80. The lowest BCUT2D eigenvalue weighted by Gasteiger charge is -2.02. The van der Waals surface area contributed by atoms with Crippen molar-refractivity contribution in [1.82, 2.24) is 4.98 Å². The van der Waals surface area contributed by atoms with E-state index in [0.717, 1.165) is 0 Å². The van der Waals surface area contributed by atoms with Gasteiger partial charge in [-0.15, -0.1) is 0 Å². The first-order valence-corrected chi connectivity index (χ1v) is 3.46. The number of carbonyl (C=O) groups is 1. The van der Waals surface area contributed by atoms with Crippen molar-refractivity contribution in [2.45, 2.75) is 0 Å². The van der Waals surface area contributed by atoms with Gasteiger partial charge in [0, 0.05) is 0 Å². The van der Waals surface area contributed by atoms with E-state index in [9.17, 15) is 4.79 Å². The molecule has 5 heteroatoms. The molecule has 0 spiro atoms. The highest BCUT2D eigenvalue weighted by molar-refractivity contribution is 6.29. The van der Waals surface area contributed by atoms with Crippen molar-refractivity contribution in [3.8, 4) is 5.88 Å². The topological polar surface area (TPSA) is 59.4 Å². The summed E-state index contributed by atoms with van der Waals surface area (Å²) in [4.78, 5) is 14.2. The molecule has 0 aliphatic heterocycles. The molecule has 0 bridgehead atoms. The molecular formula is C7H6ClNO3. The van der Waals surface area contributed by atoms with E-state index in [2.05, 4.69) is 4.98 Å². The third-order valence-electron chi connectivity index (χ3n) is 1.25. The molecule has 64 valence electrons. The molecule has 0 aliphatic carbocycles. The first-order valence-electron chi connectivity index (χ1n) is 3.09. The van der Waals surface area contributed by atoms with Crippen LogP contribution in [-0.4, -0.2) is 23.2 Å². The summed E-state index contributed by atoms with van der Waals surface area (Å²) >= 11 is 5.52. The SMILES string of the molecule is COc1nc(Cl)ccc1C(=O)O. The Labute approximate surface area is 73.8 Å². The van der Waals surface area contributed by atoms with Crippen molar-refractivity contribution in [2.75, 3.05) is 7.11 Å². The van der Waals surface area contributed by atoms with E-state index < -0.39 is 5.97 Å². The van der Waals surface area contributed by atoms with Crippen molar-refractivity contribution >= 4 is 17.6 Å². The minimum atomic E-state index is -1.09. The van der Waals surface area contributed by atoms with E-state index in [1.807, 2.05) is 0 Å². The maximum absolute atomic E-state index is 10.5. The lowest BCUT2D eigenvalue weighted by Crippen LogP contribution is -2.01. The molecule has 12 heavy (non-hydrogen) atoms. The summed E-state index contributed by atoms with van der Waals surface area (Å²) in [5.41, 5.74) is 0.00176. The molecule has 0 saturated heterocycles. The Kier molecular flexibility index (Phi) is 2.50. The first-order chi connectivity index (χ1) is 5.65. The molecule has 0 aliphatic rings. The molecule has 0 amide bonds. The number of nitrogens with zero attached hydrogens (tertiary/aromatic N) is 1. The lowest BCUT2D eigenvalue weighted by atomic mass is 10.3. The number of hydrogen-bond acceptors (Lipinski definition) is 3. The molecule has 1 aromatic heterocycles. The van der Waals surface area contributed by atoms with E-state index in [0.29, 0.717) is 0 Å². The minimum Gasteiger partial charge on any atom is -0.480 e. The molecule has 0 radical (unpaired) electrons.